The minimum Gasteiger partial charge on any atom is -0.481 e. The molecule has 0 bridgehead atoms. The van der Waals surface area contributed by atoms with Gasteiger partial charge >= 0.3 is 5.97 Å². The molecule has 1 heterocycles. The molecule has 1 aromatic heterocycles. The Bertz CT molecular complexity index is 679. The number of hydrogen-bond donors (Lipinski definition) is 2. The smallest absolute Gasteiger partial charge is 0.303 e. The third-order valence-corrected chi connectivity index (χ3v) is 4.33. The van der Waals surface area contributed by atoms with Crippen LogP contribution in [0, 0.1) is 6.92 Å². The van der Waals surface area contributed by atoms with Gasteiger partial charge in [0.2, 0.25) is 5.91 Å². The van der Waals surface area contributed by atoms with Crippen molar-refractivity contribution in [3.05, 3.63) is 40.9 Å². The number of thiazole rings is 1. The Morgan fingerprint density at radius 2 is 2.00 bits per heavy atom. The van der Waals surface area contributed by atoms with Crippen LogP contribution in [0.2, 0.25) is 0 Å². The van der Waals surface area contributed by atoms with Crippen molar-refractivity contribution in [1.82, 2.24) is 10.3 Å². The van der Waals surface area contributed by atoms with Crippen LogP contribution in [0.1, 0.15) is 31.0 Å². The lowest BCUT2D eigenvalue weighted by atomic mass is 10.1. The number of carbonyl (C=O) groups is 2. The van der Waals surface area contributed by atoms with Crippen LogP contribution in [0.4, 0.5) is 0 Å². The van der Waals surface area contributed by atoms with E-state index in [1.807, 2.05) is 36.6 Å². The van der Waals surface area contributed by atoms with Gasteiger partial charge in [-0.1, -0.05) is 29.8 Å². The predicted octanol–water partition coefficient (Wildman–Crippen LogP) is 3.03. The van der Waals surface area contributed by atoms with Crippen molar-refractivity contribution in [2.45, 2.75) is 39.2 Å². The lowest BCUT2D eigenvalue weighted by Gasteiger charge is -2.11. The maximum absolute atomic E-state index is 12.0. The zero-order valence-corrected chi connectivity index (χ0v) is 14.0. The third kappa shape index (κ3) is 5.49. The summed E-state index contributed by atoms with van der Waals surface area (Å²) in [6, 6.07) is 7.95. The highest BCUT2D eigenvalue weighted by Crippen LogP contribution is 2.24. The lowest BCUT2D eigenvalue weighted by Crippen LogP contribution is -2.34. The molecule has 0 radical (unpaired) electrons. The highest BCUT2D eigenvalue weighted by molar-refractivity contribution is 7.13. The van der Waals surface area contributed by atoms with Gasteiger partial charge in [-0.2, -0.15) is 0 Å². The van der Waals surface area contributed by atoms with E-state index in [0.29, 0.717) is 6.42 Å². The summed E-state index contributed by atoms with van der Waals surface area (Å²) in [6.07, 6.45) is 0.683. The van der Waals surface area contributed by atoms with E-state index in [1.165, 1.54) is 16.9 Å². The van der Waals surface area contributed by atoms with Crippen LogP contribution in [0.3, 0.4) is 0 Å². The van der Waals surface area contributed by atoms with Crippen LogP contribution in [-0.2, 0) is 16.0 Å². The fourth-order valence-electron chi connectivity index (χ4n) is 2.12. The highest BCUT2D eigenvalue weighted by Gasteiger charge is 2.12. The molecule has 2 rings (SSSR count). The molecular weight excluding hydrogens is 312 g/mol. The van der Waals surface area contributed by atoms with Crippen molar-refractivity contribution >= 4 is 23.2 Å². The van der Waals surface area contributed by atoms with Gasteiger partial charge in [0.1, 0.15) is 5.01 Å². The number of aromatic nitrogens is 1. The number of aliphatic carboxylic acids is 1. The molecule has 0 aliphatic rings. The quantitative estimate of drug-likeness (QED) is 0.817. The number of amides is 1. The monoisotopic (exact) mass is 332 g/mol. The van der Waals surface area contributed by atoms with Crippen LogP contribution >= 0.6 is 11.3 Å². The first kappa shape index (κ1) is 17.1. The van der Waals surface area contributed by atoms with Gasteiger partial charge in [-0.05, 0) is 20.3 Å². The molecule has 0 aliphatic carbocycles. The number of hydrogen-bond acceptors (Lipinski definition) is 4. The first-order valence-corrected chi connectivity index (χ1v) is 8.34. The minimum atomic E-state index is -0.853. The van der Waals surface area contributed by atoms with Gasteiger partial charge in [-0.25, -0.2) is 4.98 Å². The second kappa shape index (κ2) is 7.87. The summed E-state index contributed by atoms with van der Waals surface area (Å²) in [5.74, 6) is -0.989. The number of nitrogens with zero attached hydrogens (tertiary/aromatic N) is 1. The molecule has 2 aromatic rings. The van der Waals surface area contributed by atoms with E-state index in [4.69, 9.17) is 5.11 Å². The van der Waals surface area contributed by atoms with Gasteiger partial charge in [0.15, 0.2) is 0 Å². The molecule has 1 unspecified atom stereocenters. The Balaban J connectivity index is 1.89. The Labute approximate surface area is 139 Å². The topological polar surface area (TPSA) is 79.3 Å². The normalized spacial score (nSPS) is 11.9. The Morgan fingerprint density at radius 1 is 1.30 bits per heavy atom. The maximum atomic E-state index is 12.0. The lowest BCUT2D eigenvalue weighted by molar-refractivity contribution is -0.137. The Hall–Kier alpha value is -2.21. The fraction of sp³-hybridized carbons (Fsp3) is 0.353. The zero-order valence-electron chi connectivity index (χ0n) is 13.2. The molecule has 2 N–H and O–H groups in total. The van der Waals surface area contributed by atoms with E-state index in [0.717, 1.165) is 16.3 Å². The first-order valence-electron chi connectivity index (χ1n) is 7.46. The second-order valence-corrected chi connectivity index (χ2v) is 6.45. The predicted molar refractivity (Wildman–Crippen MR) is 90.5 cm³/mol. The number of carbonyl (C=O) groups excluding carboxylic acids is 1. The van der Waals surface area contributed by atoms with Crippen molar-refractivity contribution in [2.75, 3.05) is 0 Å². The molecule has 0 spiro atoms. The minimum absolute atomic E-state index is 0.0513. The summed E-state index contributed by atoms with van der Waals surface area (Å²) in [5.41, 5.74) is 2.97. The third-order valence-electron chi connectivity index (χ3n) is 3.39. The summed E-state index contributed by atoms with van der Waals surface area (Å²) < 4.78 is 0. The van der Waals surface area contributed by atoms with E-state index in [1.54, 1.807) is 6.92 Å². The molecular formula is C17H20N2O3S. The molecule has 0 saturated heterocycles. The largest absolute Gasteiger partial charge is 0.481 e. The molecule has 1 atom stereocenters. The average Bonchev–Trinajstić information content (AvgIpc) is 2.94. The molecule has 1 aromatic carbocycles. The SMILES string of the molecule is Cc1ccc(-c2nc(CC(=O)NC(C)CCC(=O)O)cs2)cc1. The molecule has 5 nitrogen and oxygen atoms in total. The van der Waals surface area contributed by atoms with E-state index in [-0.39, 0.29) is 24.8 Å². The average molecular weight is 332 g/mol. The van der Waals surface area contributed by atoms with Crippen molar-refractivity contribution < 1.29 is 14.7 Å². The fourth-order valence-corrected chi connectivity index (χ4v) is 2.95. The maximum Gasteiger partial charge on any atom is 0.303 e. The van der Waals surface area contributed by atoms with Gasteiger partial charge in [0, 0.05) is 23.4 Å². The van der Waals surface area contributed by atoms with Crippen LogP contribution < -0.4 is 5.32 Å². The van der Waals surface area contributed by atoms with Crippen LogP contribution in [-0.4, -0.2) is 28.0 Å². The Morgan fingerprint density at radius 3 is 2.65 bits per heavy atom. The van der Waals surface area contributed by atoms with Crippen LogP contribution in [0.5, 0.6) is 0 Å². The second-order valence-electron chi connectivity index (χ2n) is 5.59. The standard InChI is InChI=1S/C17H20N2O3S/c1-11-3-6-13(7-4-11)17-19-14(10-23-17)9-15(20)18-12(2)5-8-16(21)22/h3-4,6-7,10,12H,5,8-9H2,1-2H3,(H,18,20)(H,21,22). The van der Waals surface area contributed by atoms with Gasteiger partial charge in [-0.15, -0.1) is 11.3 Å². The highest BCUT2D eigenvalue weighted by atomic mass is 32.1. The van der Waals surface area contributed by atoms with Crippen molar-refractivity contribution in [2.24, 2.45) is 0 Å². The molecule has 6 heteroatoms. The van der Waals surface area contributed by atoms with Gasteiger partial charge in [0.25, 0.3) is 0 Å². The summed E-state index contributed by atoms with van der Waals surface area (Å²) in [4.78, 5) is 27.0. The summed E-state index contributed by atoms with van der Waals surface area (Å²) >= 11 is 1.51. The molecule has 1 amide bonds. The van der Waals surface area contributed by atoms with E-state index >= 15 is 0 Å². The number of carboxylic acid groups (broad SMARTS) is 1. The van der Waals surface area contributed by atoms with Crippen molar-refractivity contribution in [3.63, 3.8) is 0 Å². The van der Waals surface area contributed by atoms with Gasteiger partial charge in [0.05, 0.1) is 12.1 Å². The molecule has 0 fully saturated rings. The van der Waals surface area contributed by atoms with Gasteiger partial charge < -0.3 is 10.4 Å². The van der Waals surface area contributed by atoms with Crippen molar-refractivity contribution in [3.8, 4) is 10.6 Å². The number of nitrogens with one attached hydrogen (secondary N) is 1. The molecule has 0 saturated carbocycles. The molecule has 0 aliphatic heterocycles. The van der Waals surface area contributed by atoms with E-state index in [2.05, 4.69) is 10.3 Å². The number of aryl methyl sites for hydroxylation is 1. The summed E-state index contributed by atoms with van der Waals surface area (Å²) in [6.45, 7) is 3.84. The first-order chi connectivity index (χ1) is 10.9. The zero-order chi connectivity index (χ0) is 16.8. The summed E-state index contributed by atoms with van der Waals surface area (Å²) in [5, 5.41) is 14.2. The molecule has 122 valence electrons. The summed E-state index contributed by atoms with van der Waals surface area (Å²) in [7, 11) is 0. The number of carboxylic acids is 1. The van der Waals surface area contributed by atoms with Crippen LogP contribution in [0.15, 0.2) is 29.6 Å². The van der Waals surface area contributed by atoms with E-state index in [9.17, 15) is 9.59 Å². The molecule has 23 heavy (non-hydrogen) atoms. The van der Waals surface area contributed by atoms with E-state index < -0.39 is 5.97 Å². The number of rotatable bonds is 7. The van der Waals surface area contributed by atoms with Gasteiger partial charge in [-0.3, -0.25) is 9.59 Å². The number of benzene rings is 1. The Kier molecular flexibility index (Phi) is 5.87. The van der Waals surface area contributed by atoms with Crippen LogP contribution in [0.25, 0.3) is 10.6 Å². The van der Waals surface area contributed by atoms with Crippen molar-refractivity contribution in [1.29, 1.82) is 0 Å².